The van der Waals surface area contributed by atoms with Crippen molar-refractivity contribution in [1.29, 1.82) is 0 Å². The van der Waals surface area contributed by atoms with Gasteiger partial charge in [-0.3, -0.25) is 0 Å². The van der Waals surface area contributed by atoms with Crippen LogP contribution in [0.3, 0.4) is 0 Å². The Labute approximate surface area is 76.7 Å². The fourth-order valence-corrected chi connectivity index (χ4v) is 1.52. The predicted molar refractivity (Wildman–Crippen MR) is 43.4 cm³/mol. The summed E-state index contributed by atoms with van der Waals surface area (Å²) in [6.45, 7) is 0. The SMILES string of the molecule is FC(F)(F)Sc1cccc(Cl)c1. The Hall–Kier alpha value is -0.350. The topological polar surface area (TPSA) is 0 Å². The summed E-state index contributed by atoms with van der Waals surface area (Å²) in [6, 6.07) is 5.65. The quantitative estimate of drug-likeness (QED) is 0.635. The van der Waals surface area contributed by atoms with Crippen molar-refractivity contribution in [3.05, 3.63) is 29.3 Å². The van der Waals surface area contributed by atoms with Crippen LogP contribution >= 0.6 is 23.4 Å². The normalized spacial score (nSPS) is 11.7. The van der Waals surface area contributed by atoms with Crippen molar-refractivity contribution in [2.24, 2.45) is 0 Å². The van der Waals surface area contributed by atoms with Crippen molar-refractivity contribution in [2.45, 2.75) is 10.4 Å². The predicted octanol–water partition coefficient (Wildman–Crippen LogP) is 3.95. The lowest BCUT2D eigenvalue weighted by Crippen LogP contribution is -1.98. The molecule has 0 fully saturated rings. The Bertz CT molecular complexity index is 272. The van der Waals surface area contributed by atoms with Crippen LogP contribution in [-0.4, -0.2) is 5.51 Å². The Morgan fingerprint density at radius 2 is 1.92 bits per heavy atom. The smallest absolute Gasteiger partial charge is 0.160 e. The molecule has 0 aromatic heterocycles. The number of rotatable bonds is 1. The molecule has 0 aliphatic heterocycles. The molecule has 1 aromatic rings. The van der Waals surface area contributed by atoms with Gasteiger partial charge < -0.3 is 0 Å². The van der Waals surface area contributed by atoms with Gasteiger partial charge in [0.25, 0.3) is 0 Å². The second-order valence-corrected chi connectivity index (χ2v) is 3.58. The number of alkyl halides is 3. The van der Waals surface area contributed by atoms with Crippen molar-refractivity contribution >= 4 is 23.4 Å². The van der Waals surface area contributed by atoms with E-state index in [1.165, 1.54) is 24.3 Å². The fourth-order valence-electron chi connectivity index (χ4n) is 0.664. The van der Waals surface area contributed by atoms with Crippen LogP contribution < -0.4 is 0 Å². The summed E-state index contributed by atoms with van der Waals surface area (Å²) in [7, 11) is 0. The number of hydrogen-bond donors (Lipinski definition) is 0. The van der Waals surface area contributed by atoms with E-state index in [2.05, 4.69) is 0 Å². The second-order valence-electron chi connectivity index (χ2n) is 2.01. The molecule has 12 heavy (non-hydrogen) atoms. The summed E-state index contributed by atoms with van der Waals surface area (Å²) in [5.41, 5.74) is -4.25. The maximum Gasteiger partial charge on any atom is 0.446 e. The largest absolute Gasteiger partial charge is 0.446 e. The summed E-state index contributed by atoms with van der Waals surface area (Å²) >= 11 is 5.32. The zero-order valence-corrected chi connectivity index (χ0v) is 7.30. The number of halogens is 4. The molecule has 1 rings (SSSR count). The zero-order chi connectivity index (χ0) is 9.19. The van der Waals surface area contributed by atoms with E-state index in [-0.39, 0.29) is 16.7 Å². The number of benzene rings is 1. The minimum atomic E-state index is -4.25. The highest BCUT2D eigenvalue weighted by atomic mass is 35.5. The number of thioether (sulfide) groups is 1. The summed E-state index contributed by atoms with van der Waals surface area (Å²) in [5.74, 6) is 0. The van der Waals surface area contributed by atoms with Gasteiger partial charge in [0.2, 0.25) is 0 Å². The van der Waals surface area contributed by atoms with Crippen LogP contribution in [0.4, 0.5) is 13.2 Å². The van der Waals surface area contributed by atoms with E-state index < -0.39 is 5.51 Å². The number of hydrogen-bond acceptors (Lipinski definition) is 1. The highest BCUT2D eigenvalue weighted by Crippen LogP contribution is 2.37. The van der Waals surface area contributed by atoms with E-state index in [0.717, 1.165) is 0 Å². The molecule has 0 aliphatic carbocycles. The molecule has 0 atom stereocenters. The summed E-state index contributed by atoms with van der Waals surface area (Å²) < 4.78 is 35.4. The van der Waals surface area contributed by atoms with Gasteiger partial charge in [0.1, 0.15) is 0 Å². The maximum absolute atomic E-state index is 11.8. The first-order chi connectivity index (χ1) is 5.47. The van der Waals surface area contributed by atoms with E-state index in [1.807, 2.05) is 0 Å². The third-order valence-corrected chi connectivity index (χ3v) is 1.99. The zero-order valence-electron chi connectivity index (χ0n) is 5.73. The fraction of sp³-hybridized carbons (Fsp3) is 0.143. The van der Waals surface area contributed by atoms with E-state index in [9.17, 15) is 13.2 Å². The third kappa shape index (κ3) is 3.36. The lowest BCUT2D eigenvalue weighted by atomic mass is 10.4. The summed E-state index contributed by atoms with van der Waals surface area (Å²) in [4.78, 5) is 0.106. The molecule has 0 nitrogen and oxygen atoms in total. The second kappa shape index (κ2) is 3.58. The third-order valence-electron chi connectivity index (χ3n) is 1.03. The molecule has 0 aliphatic rings. The van der Waals surface area contributed by atoms with Crippen LogP contribution in [0.5, 0.6) is 0 Å². The van der Waals surface area contributed by atoms with Gasteiger partial charge in [-0.15, -0.1) is 0 Å². The molecule has 66 valence electrons. The maximum atomic E-state index is 11.8. The molecule has 0 heterocycles. The average molecular weight is 213 g/mol. The van der Waals surface area contributed by atoms with Crippen LogP contribution in [0.25, 0.3) is 0 Å². The van der Waals surface area contributed by atoms with Gasteiger partial charge in [-0.05, 0) is 30.0 Å². The molecule has 1 aromatic carbocycles. The molecule has 0 unspecified atom stereocenters. The Kier molecular flexibility index (Phi) is 2.90. The van der Waals surface area contributed by atoms with Crippen molar-refractivity contribution in [2.75, 3.05) is 0 Å². The van der Waals surface area contributed by atoms with Gasteiger partial charge >= 0.3 is 5.51 Å². The first-order valence-corrected chi connectivity index (χ1v) is 4.18. The van der Waals surface area contributed by atoms with Crippen molar-refractivity contribution < 1.29 is 13.2 Å². The Morgan fingerprint density at radius 3 is 2.42 bits per heavy atom. The lowest BCUT2D eigenvalue weighted by molar-refractivity contribution is -0.0328. The van der Waals surface area contributed by atoms with Gasteiger partial charge in [-0.2, -0.15) is 13.2 Å². The first-order valence-electron chi connectivity index (χ1n) is 2.99. The molecule has 0 saturated carbocycles. The van der Waals surface area contributed by atoms with Crippen LogP contribution in [0, 0.1) is 0 Å². The standard InChI is InChI=1S/C7H4ClF3S/c8-5-2-1-3-6(4-5)12-7(9,10)11/h1-4H. The molecule has 0 N–H and O–H groups in total. The summed E-state index contributed by atoms with van der Waals surface area (Å²) in [6.07, 6.45) is 0. The molecule has 0 amide bonds. The molecule has 0 spiro atoms. The van der Waals surface area contributed by atoms with Crippen LogP contribution in [0.15, 0.2) is 29.2 Å². The molecule has 0 radical (unpaired) electrons. The van der Waals surface area contributed by atoms with E-state index in [4.69, 9.17) is 11.6 Å². The minimum absolute atomic E-state index is 0.106. The average Bonchev–Trinajstić information content (AvgIpc) is 1.82. The van der Waals surface area contributed by atoms with E-state index in [1.54, 1.807) is 0 Å². The van der Waals surface area contributed by atoms with Crippen LogP contribution in [-0.2, 0) is 0 Å². The van der Waals surface area contributed by atoms with Crippen molar-refractivity contribution in [1.82, 2.24) is 0 Å². The van der Waals surface area contributed by atoms with Crippen LogP contribution in [0.2, 0.25) is 5.02 Å². The molecule has 5 heteroatoms. The monoisotopic (exact) mass is 212 g/mol. The van der Waals surface area contributed by atoms with Crippen LogP contribution in [0.1, 0.15) is 0 Å². The first kappa shape index (κ1) is 9.74. The molecule has 0 saturated heterocycles. The van der Waals surface area contributed by atoms with Gasteiger partial charge in [-0.1, -0.05) is 17.7 Å². The minimum Gasteiger partial charge on any atom is -0.160 e. The Morgan fingerprint density at radius 1 is 1.25 bits per heavy atom. The highest BCUT2D eigenvalue weighted by Gasteiger charge is 2.29. The van der Waals surface area contributed by atoms with Gasteiger partial charge in [-0.25, -0.2) is 0 Å². The van der Waals surface area contributed by atoms with Gasteiger partial charge in [0.05, 0.1) is 0 Å². The van der Waals surface area contributed by atoms with Crippen molar-refractivity contribution in [3.8, 4) is 0 Å². The summed E-state index contributed by atoms with van der Waals surface area (Å²) in [5, 5.41) is 0.309. The molecular formula is C7H4ClF3S. The highest BCUT2D eigenvalue weighted by molar-refractivity contribution is 8.00. The Balaban J connectivity index is 2.77. The van der Waals surface area contributed by atoms with Crippen molar-refractivity contribution in [3.63, 3.8) is 0 Å². The molecular weight excluding hydrogens is 209 g/mol. The lowest BCUT2D eigenvalue weighted by Gasteiger charge is -2.04. The molecule has 0 bridgehead atoms. The van der Waals surface area contributed by atoms with E-state index >= 15 is 0 Å². The van der Waals surface area contributed by atoms with E-state index in [0.29, 0.717) is 5.02 Å². The van der Waals surface area contributed by atoms with Gasteiger partial charge in [0.15, 0.2) is 0 Å². The van der Waals surface area contributed by atoms with Gasteiger partial charge in [0, 0.05) is 9.92 Å².